The summed E-state index contributed by atoms with van der Waals surface area (Å²) >= 11 is 0. The van der Waals surface area contributed by atoms with E-state index < -0.39 is 18.0 Å². The standard InChI is InChI=1S/C11H19NO5/c1-7(2)10(11(15)17-4)12-8(13)5-6-9(14)16-3/h7,10H,5-6H2,1-4H3,(H,12,13)/t10-/m0/s1. The Morgan fingerprint density at radius 3 is 2.06 bits per heavy atom. The minimum absolute atomic E-state index is 0.00563. The molecular formula is C11H19NO5. The van der Waals surface area contributed by atoms with Crippen molar-refractivity contribution in [3.63, 3.8) is 0 Å². The molecule has 1 N–H and O–H groups in total. The second-order valence-corrected chi connectivity index (χ2v) is 3.89. The molecule has 0 heterocycles. The Morgan fingerprint density at radius 1 is 1.06 bits per heavy atom. The first-order valence-corrected chi connectivity index (χ1v) is 5.36. The molecule has 0 aromatic rings. The fourth-order valence-electron chi connectivity index (χ4n) is 1.19. The Balaban J connectivity index is 4.22. The van der Waals surface area contributed by atoms with Crippen LogP contribution in [0.1, 0.15) is 26.7 Å². The average molecular weight is 245 g/mol. The summed E-state index contributed by atoms with van der Waals surface area (Å²) in [5.74, 6) is -1.41. The molecule has 1 amide bonds. The summed E-state index contributed by atoms with van der Waals surface area (Å²) in [6.45, 7) is 3.59. The van der Waals surface area contributed by atoms with Crippen LogP contribution < -0.4 is 5.32 Å². The Bertz CT molecular complexity index is 288. The number of methoxy groups -OCH3 is 2. The number of esters is 2. The maximum absolute atomic E-state index is 11.5. The normalized spacial score (nSPS) is 11.8. The average Bonchev–Trinajstić information content (AvgIpc) is 2.31. The van der Waals surface area contributed by atoms with Crippen LogP contribution in [0, 0.1) is 5.92 Å². The summed E-state index contributed by atoms with van der Waals surface area (Å²) < 4.78 is 8.99. The van der Waals surface area contributed by atoms with Crippen molar-refractivity contribution in [3.8, 4) is 0 Å². The lowest BCUT2D eigenvalue weighted by Crippen LogP contribution is -2.45. The molecule has 0 bridgehead atoms. The molecule has 17 heavy (non-hydrogen) atoms. The Kier molecular flexibility index (Phi) is 6.93. The van der Waals surface area contributed by atoms with E-state index >= 15 is 0 Å². The van der Waals surface area contributed by atoms with Crippen LogP contribution in [0.2, 0.25) is 0 Å². The number of nitrogens with one attached hydrogen (secondary N) is 1. The van der Waals surface area contributed by atoms with Gasteiger partial charge in [-0.05, 0) is 5.92 Å². The lowest BCUT2D eigenvalue weighted by molar-refractivity contribution is -0.146. The van der Waals surface area contributed by atoms with Gasteiger partial charge in [-0.3, -0.25) is 9.59 Å². The number of hydrogen-bond acceptors (Lipinski definition) is 5. The van der Waals surface area contributed by atoms with E-state index in [1.54, 1.807) is 13.8 Å². The third-order valence-electron chi connectivity index (χ3n) is 2.22. The van der Waals surface area contributed by atoms with Gasteiger partial charge in [-0.1, -0.05) is 13.8 Å². The predicted molar refractivity (Wildman–Crippen MR) is 60.0 cm³/mol. The zero-order chi connectivity index (χ0) is 13.4. The van der Waals surface area contributed by atoms with E-state index in [0.717, 1.165) is 0 Å². The first-order valence-electron chi connectivity index (χ1n) is 5.36. The number of hydrogen-bond donors (Lipinski definition) is 1. The number of ether oxygens (including phenoxy) is 2. The zero-order valence-corrected chi connectivity index (χ0v) is 10.6. The number of rotatable bonds is 6. The van der Waals surface area contributed by atoms with Crippen LogP contribution in [0.4, 0.5) is 0 Å². The second-order valence-electron chi connectivity index (χ2n) is 3.89. The minimum Gasteiger partial charge on any atom is -0.469 e. The number of amides is 1. The molecule has 0 aromatic carbocycles. The molecule has 0 saturated carbocycles. The zero-order valence-electron chi connectivity index (χ0n) is 10.6. The molecule has 0 aliphatic heterocycles. The van der Waals surface area contributed by atoms with Gasteiger partial charge in [0.1, 0.15) is 6.04 Å². The highest BCUT2D eigenvalue weighted by Gasteiger charge is 2.24. The highest BCUT2D eigenvalue weighted by molar-refractivity contribution is 5.86. The smallest absolute Gasteiger partial charge is 0.328 e. The molecule has 0 fully saturated rings. The van der Waals surface area contributed by atoms with Gasteiger partial charge in [0, 0.05) is 6.42 Å². The maximum Gasteiger partial charge on any atom is 0.328 e. The third kappa shape index (κ3) is 5.89. The van der Waals surface area contributed by atoms with Crippen molar-refractivity contribution < 1.29 is 23.9 Å². The van der Waals surface area contributed by atoms with E-state index in [2.05, 4.69) is 14.8 Å². The minimum atomic E-state index is -0.690. The van der Waals surface area contributed by atoms with Gasteiger partial charge in [0.25, 0.3) is 0 Å². The number of carbonyl (C=O) groups excluding carboxylic acids is 3. The molecule has 6 heteroatoms. The van der Waals surface area contributed by atoms with Crippen molar-refractivity contribution in [2.24, 2.45) is 5.92 Å². The quantitative estimate of drug-likeness (QED) is 0.678. The van der Waals surface area contributed by atoms with Crippen molar-refractivity contribution in [2.45, 2.75) is 32.7 Å². The van der Waals surface area contributed by atoms with E-state index in [9.17, 15) is 14.4 Å². The van der Waals surface area contributed by atoms with Crippen LogP contribution in [-0.2, 0) is 23.9 Å². The monoisotopic (exact) mass is 245 g/mol. The Labute approximate surface area is 101 Å². The van der Waals surface area contributed by atoms with Crippen molar-refractivity contribution in [1.29, 1.82) is 0 Å². The predicted octanol–water partition coefficient (Wildman–Crippen LogP) is 0.253. The van der Waals surface area contributed by atoms with E-state index in [0.29, 0.717) is 0 Å². The fourth-order valence-corrected chi connectivity index (χ4v) is 1.19. The topological polar surface area (TPSA) is 81.7 Å². The van der Waals surface area contributed by atoms with Crippen molar-refractivity contribution in [3.05, 3.63) is 0 Å². The molecule has 0 spiro atoms. The first-order chi connectivity index (χ1) is 7.92. The molecule has 0 aromatic heterocycles. The Morgan fingerprint density at radius 2 is 1.65 bits per heavy atom. The summed E-state index contributed by atoms with van der Waals surface area (Å²) in [5.41, 5.74) is 0. The van der Waals surface area contributed by atoms with Crippen LogP contribution >= 0.6 is 0 Å². The summed E-state index contributed by atoms with van der Waals surface area (Å²) in [6.07, 6.45) is -0.0127. The molecule has 0 rings (SSSR count). The molecule has 0 saturated heterocycles. The van der Waals surface area contributed by atoms with Gasteiger partial charge in [0.15, 0.2) is 0 Å². The molecule has 98 valence electrons. The summed E-state index contributed by atoms with van der Waals surface area (Å²) in [6, 6.07) is -0.690. The van der Waals surface area contributed by atoms with Gasteiger partial charge in [-0.25, -0.2) is 4.79 Å². The van der Waals surface area contributed by atoms with Crippen molar-refractivity contribution in [2.75, 3.05) is 14.2 Å². The molecule has 0 aliphatic rings. The molecule has 0 radical (unpaired) electrons. The van der Waals surface area contributed by atoms with Crippen LogP contribution in [0.25, 0.3) is 0 Å². The van der Waals surface area contributed by atoms with Crippen LogP contribution in [-0.4, -0.2) is 38.1 Å². The summed E-state index contributed by atoms with van der Waals surface area (Å²) in [7, 11) is 2.52. The van der Waals surface area contributed by atoms with Crippen LogP contribution in [0.3, 0.4) is 0 Å². The van der Waals surface area contributed by atoms with Gasteiger partial charge in [-0.2, -0.15) is 0 Å². The molecule has 6 nitrogen and oxygen atoms in total. The Hall–Kier alpha value is -1.59. The largest absolute Gasteiger partial charge is 0.469 e. The number of carbonyl (C=O) groups is 3. The highest BCUT2D eigenvalue weighted by Crippen LogP contribution is 2.04. The lowest BCUT2D eigenvalue weighted by Gasteiger charge is -2.19. The van der Waals surface area contributed by atoms with Crippen LogP contribution in [0.5, 0.6) is 0 Å². The fraction of sp³-hybridized carbons (Fsp3) is 0.727. The summed E-state index contributed by atoms with van der Waals surface area (Å²) in [5, 5.41) is 2.53. The maximum atomic E-state index is 11.5. The van der Waals surface area contributed by atoms with Gasteiger partial charge in [0.2, 0.25) is 5.91 Å². The lowest BCUT2D eigenvalue weighted by atomic mass is 10.0. The van der Waals surface area contributed by atoms with Gasteiger partial charge >= 0.3 is 11.9 Å². The van der Waals surface area contributed by atoms with Crippen molar-refractivity contribution >= 4 is 17.8 Å². The van der Waals surface area contributed by atoms with Gasteiger partial charge in [0.05, 0.1) is 20.6 Å². The second kappa shape index (κ2) is 7.65. The van der Waals surface area contributed by atoms with E-state index in [1.165, 1.54) is 14.2 Å². The first kappa shape index (κ1) is 15.4. The van der Waals surface area contributed by atoms with E-state index in [4.69, 9.17) is 0 Å². The third-order valence-corrected chi connectivity index (χ3v) is 2.22. The SMILES string of the molecule is COC(=O)CCC(=O)N[C@H](C(=O)OC)C(C)C. The van der Waals surface area contributed by atoms with Gasteiger partial charge in [-0.15, -0.1) is 0 Å². The molecule has 0 aliphatic carbocycles. The highest BCUT2D eigenvalue weighted by atomic mass is 16.5. The molecule has 1 atom stereocenters. The summed E-state index contributed by atoms with van der Waals surface area (Å²) in [4.78, 5) is 33.7. The molecule has 0 unspecified atom stereocenters. The van der Waals surface area contributed by atoms with Crippen LogP contribution in [0.15, 0.2) is 0 Å². The molecular weight excluding hydrogens is 226 g/mol. The van der Waals surface area contributed by atoms with E-state index in [-0.39, 0.29) is 24.7 Å². The van der Waals surface area contributed by atoms with Crippen molar-refractivity contribution in [1.82, 2.24) is 5.32 Å². The van der Waals surface area contributed by atoms with Gasteiger partial charge < -0.3 is 14.8 Å². The van der Waals surface area contributed by atoms with E-state index in [1.807, 2.05) is 0 Å².